The summed E-state index contributed by atoms with van der Waals surface area (Å²) in [6.07, 6.45) is -2.17. The fourth-order valence-electron chi connectivity index (χ4n) is 1.47. The van der Waals surface area contributed by atoms with Crippen molar-refractivity contribution in [2.75, 3.05) is 0 Å². The van der Waals surface area contributed by atoms with Crippen LogP contribution in [0.25, 0.3) is 0 Å². The first-order valence-electron chi connectivity index (χ1n) is 5.33. The van der Waals surface area contributed by atoms with Crippen molar-refractivity contribution in [1.82, 2.24) is 5.16 Å². The van der Waals surface area contributed by atoms with Gasteiger partial charge in [-0.05, 0) is 18.2 Å². The molecule has 0 bridgehead atoms. The number of halogens is 3. The summed E-state index contributed by atoms with van der Waals surface area (Å²) in [5.41, 5.74) is -1.15. The van der Waals surface area contributed by atoms with E-state index in [2.05, 4.69) is 9.68 Å². The number of carboxylic acid groups (broad SMARTS) is 1. The van der Waals surface area contributed by atoms with E-state index in [1.807, 2.05) is 0 Å². The van der Waals surface area contributed by atoms with Crippen LogP contribution in [0.2, 0.25) is 0 Å². The van der Waals surface area contributed by atoms with Gasteiger partial charge in [-0.1, -0.05) is 5.16 Å². The molecule has 0 aliphatic rings. The third-order valence-electron chi connectivity index (χ3n) is 2.41. The zero-order valence-electron chi connectivity index (χ0n) is 9.85. The Morgan fingerprint density at radius 1 is 1.40 bits per heavy atom. The third kappa shape index (κ3) is 3.08. The van der Waals surface area contributed by atoms with E-state index in [1.54, 1.807) is 0 Å². The van der Waals surface area contributed by atoms with Gasteiger partial charge in [0.05, 0.1) is 17.3 Å². The molecule has 0 saturated heterocycles. The van der Waals surface area contributed by atoms with Crippen molar-refractivity contribution in [2.45, 2.75) is 12.8 Å². The molecular formula is C12H8F3NO4. The lowest BCUT2D eigenvalue weighted by Crippen LogP contribution is -2.10. The first-order valence-corrected chi connectivity index (χ1v) is 5.33. The van der Waals surface area contributed by atoms with Crippen molar-refractivity contribution >= 4 is 5.97 Å². The third-order valence-corrected chi connectivity index (χ3v) is 2.41. The van der Waals surface area contributed by atoms with Crippen molar-refractivity contribution in [3.05, 3.63) is 47.3 Å². The molecule has 0 aliphatic carbocycles. The molecule has 20 heavy (non-hydrogen) atoms. The summed E-state index contributed by atoms with van der Waals surface area (Å²) in [6, 6.07) is 2.55. The Kier molecular flexibility index (Phi) is 3.64. The van der Waals surface area contributed by atoms with Crippen LogP contribution in [-0.2, 0) is 12.8 Å². The highest BCUT2D eigenvalue weighted by Gasteiger charge is 2.35. The van der Waals surface area contributed by atoms with E-state index in [9.17, 15) is 18.0 Å². The Morgan fingerprint density at radius 2 is 2.15 bits per heavy atom. The summed E-state index contributed by atoms with van der Waals surface area (Å²) in [7, 11) is 0. The molecular weight excluding hydrogens is 279 g/mol. The largest absolute Gasteiger partial charge is 0.488 e. The lowest BCUT2D eigenvalue weighted by molar-refractivity contribution is -0.139. The molecule has 0 amide bonds. The van der Waals surface area contributed by atoms with Gasteiger partial charge in [-0.25, -0.2) is 4.79 Å². The SMILES string of the molecule is O=C(O)c1ccc(OCc2cnoc2)c(C(F)(F)F)c1. The van der Waals surface area contributed by atoms with Gasteiger partial charge in [0.25, 0.3) is 0 Å². The number of carboxylic acids is 1. The first-order chi connectivity index (χ1) is 9.38. The minimum absolute atomic E-state index is 0.168. The second kappa shape index (κ2) is 5.24. The standard InChI is InChI=1S/C12H8F3NO4/c13-12(14,15)9-3-8(11(17)18)1-2-10(9)19-5-7-4-16-20-6-7/h1-4,6H,5H2,(H,17,18). The van der Waals surface area contributed by atoms with Gasteiger partial charge in [0.1, 0.15) is 18.6 Å². The van der Waals surface area contributed by atoms with Crippen molar-refractivity contribution in [2.24, 2.45) is 0 Å². The summed E-state index contributed by atoms with van der Waals surface area (Å²) >= 11 is 0. The van der Waals surface area contributed by atoms with E-state index in [0.717, 1.165) is 12.1 Å². The minimum atomic E-state index is -4.71. The topological polar surface area (TPSA) is 72.6 Å². The van der Waals surface area contributed by atoms with E-state index < -0.39 is 29.0 Å². The van der Waals surface area contributed by atoms with Gasteiger partial charge in [0, 0.05) is 5.56 Å². The maximum absolute atomic E-state index is 12.9. The quantitative estimate of drug-likeness (QED) is 0.935. The normalized spacial score (nSPS) is 11.3. The summed E-state index contributed by atoms with van der Waals surface area (Å²) in [5.74, 6) is -1.90. The van der Waals surface area contributed by atoms with Crippen LogP contribution in [0.15, 0.2) is 35.2 Å². The predicted molar refractivity (Wildman–Crippen MR) is 59.2 cm³/mol. The van der Waals surface area contributed by atoms with Gasteiger partial charge in [-0.15, -0.1) is 0 Å². The fourth-order valence-corrected chi connectivity index (χ4v) is 1.47. The maximum Gasteiger partial charge on any atom is 0.419 e. The van der Waals surface area contributed by atoms with Crippen LogP contribution in [0.1, 0.15) is 21.5 Å². The fraction of sp³-hybridized carbons (Fsp3) is 0.167. The van der Waals surface area contributed by atoms with Crippen LogP contribution < -0.4 is 4.74 Å². The van der Waals surface area contributed by atoms with Crippen LogP contribution in [0.5, 0.6) is 5.75 Å². The summed E-state index contributed by atoms with van der Waals surface area (Å²) in [6.45, 7) is -0.168. The van der Waals surface area contributed by atoms with Crippen LogP contribution in [0, 0.1) is 0 Å². The second-order valence-corrected chi connectivity index (χ2v) is 3.84. The number of carbonyl (C=O) groups is 1. The van der Waals surface area contributed by atoms with Crippen molar-refractivity contribution in [3.8, 4) is 5.75 Å². The van der Waals surface area contributed by atoms with Crippen molar-refractivity contribution < 1.29 is 32.3 Å². The molecule has 0 fully saturated rings. The number of rotatable bonds is 4. The molecule has 0 aliphatic heterocycles. The van der Waals surface area contributed by atoms with Crippen LogP contribution in [0.4, 0.5) is 13.2 Å². The smallest absolute Gasteiger partial charge is 0.419 e. The Balaban J connectivity index is 2.29. The Hall–Kier alpha value is -2.51. The van der Waals surface area contributed by atoms with E-state index in [4.69, 9.17) is 9.84 Å². The van der Waals surface area contributed by atoms with Gasteiger partial charge < -0.3 is 14.4 Å². The number of hydrogen-bond donors (Lipinski definition) is 1. The Bertz CT molecular complexity index is 608. The van der Waals surface area contributed by atoms with E-state index in [0.29, 0.717) is 11.6 Å². The number of nitrogens with zero attached hydrogens (tertiary/aromatic N) is 1. The number of ether oxygens (including phenoxy) is 1. The van der Waals surface area contributed by atoms with Crippen LogP contribution >= 0.6 is 0 Å². The highest BCUT2D eigenvalue weighted by molar-refractivity contribution is 5.88. The molecule has 8 heteroatoms. The molecule has 1 N–H and O–H groups in total. The molecule has 1 aromatic carbocycles. The molecule has 0 atom stereocenters. The number of alkyl halides is 3. The Labute approximate surface area is 110 Å². The molecule has 2 aromatic rings. The van der Waals surface area contributed by atoms with Gasteiger partial charge in [-0.2, -0.15) is 13.2 Å². The number of benzene rings is 1. The van der Waals surface area contributed by atoms with E-state index in [1.165, 1.54) is 12.5 Å². The lowest BCUT2D eigenvalue weighted by Gasteiger charge is -2.14. The maximum atomic E-state index is 12.9. The average molecular weight is 287 g/mol. The summed E-state index contributed by atoms with van der Waals surface area (Å²) in [4.78, 5) is 10.7. The molecule has 0 spiro atoms. The molecule has 1 aromatic heterocycles. The zero-order valence-corrected chi connectivity index (χ0v) is 9.85. The lowest BCUT2D eigenvalue weighted by atomic mass is 10.1. The van der Waals surface area contributed by atoms with Gasteiger partial charge in [0.15, 0.2) is 0 Å². The number of aromatic nitrogens is 1. The molecule has 1 heterocycles. The first kappa shape index (κ1) is 13.9. The van der Waals surface area contributed by atoms with Crippen LogP contribution in [-0.4, -0.2) is 16.2 Å². The zero-order chi connectivity index (χ0) is 14.8. The number of hydrogen-bond acceptors (Lipinski definition) is 4. The predicted octanol–water partition coefficient (Wildman–Crippen LogP) is 2.97. The Morgan fingerprint density at radius 3 is 2.70 bits per heavy atom. The van der Waals surface area contributed by atoms with Crippen LogP contribution in [0.3, 0.4) is 0 Å². The molecule has 0 unspecified atom stereocenters. The summed E-state index contributed by atoms with van der Waals surface area (Å²) in [5, 5.41) is 12.1. The highest BCUT2D eigenvalue weighted by atomic mass is 19.4. The monoisotopic (exact) mass is 287 g/mol. The molecule has 106 valence electrons. The molecule has 0 saturated carbocycles. The molecule has 2 rings (SSSR count). The van der Waals surface area contributed by atoms with Gasteiger partial charge in [-0.3, -0.25) is 0 Å². The van der Waals surface area contributed by atoms with Crippen molar-refractivity contribution in [3.63, 3.8) is 0 Å². The number of aromatic carboxylic acids is 1. The van der Waals surface area contributed by atoms with Gasteiger partial charge in [0.2, 0.25) is 0 Å². The van der Waals surface area contributed by atoms with Crippen molar-refractivity contribution in [1.29, 1.82) is 0 Å². The average Bonchev–Trinajstić information content (AvgIpc) is 2.88. The molecule has 5 nitrogen and oxygen atoms in total. The van der Waals surface area contributed by atoms with Gasteiger partial charge >= 0.3 is 12.1 Å². The second-order valence-electron chi connectivity index (χ2n) is 3.84. The van der Waals surface area contributed by atoms with E-state index >= 15 is 0 Å². The molecule has 0 radical (unpaired) electrons. The summed E-state index contributed by atoms with van der Waals surface area (Å²) < 4.78 is 48.1. The minimum Gasteiger partial charge on any atom is -0.488 e. The van der Waals surface area contributed by atoms with E-state index in [-0.39, 0.29) is 6.61 Å². The highest BCUT2D eigenvalue weighted by Crippen LogP contribution is 2.37.